The van der Waals surface area contributed by atoms with Gasteiger partial charge in [-0.3, -0.25) is 24.1 Å². The van der Waals surface area contributed by atoms with Crippen molar-refractivity contribution in [3.8, 4) is 0 Å². The van der Waals surface area contributed by atoms with Crippen molar-refractivity contribution in [2.45, 2.75) is 18.6 Å². The van der Waals surface area contributed by atoms with Gasteiger partial charge < -0.3 is 10.1 Å². The van der Waals surface area contributed by atoms with Crippen molar-refractivity contribution < 1.29 is 23.9 Å². The molecule has 0 aliphatic carbocycles. The van der Waals surface area contributed by atoms with E-state index in [0.717, 1.165) is 4.90 Å². The Hall–Kier alpha value is -3.13. The molecule has 2 aromatic rings. The summed E-state index contributed by atoms with van der Waals surface area (Å²) in [6, 6.07) is 15.2. The second-order valence-corrected chi connectivity index (χ2v) is 8.14. The fraction of sp³-hybridized carbons (Fsp3) is 0.273. The maximum atomic E-state index is 12.4. The van der Waals surface area contributed by atoms with Gasteiger partial charge in [-0.25, -0.2) is 0 Å². The molecule has 1 saturated heterocycles. The number of amides is 3. The molecular formula is C22H20N2O5S. The number of carbonyl (C=O) groups is 4. The number of hydrogen-bond donors (Lipinski definition) is 1. The predicted octanol–water partition coefficient (Wildman–Crippen LogP) is 2.13. The summed E-state index contributed by atoms with van der Waals surface area (Å²) in [6.45, 7) is -0.0356. The summed E-state index contributed by atoms with van der Waals surface area (Å²) in [6.07, 6.45) is -0.538. The summed E-state index contributed by atoms with van der Waals surface area (Å²) in [5.74, 6) is -0.276. The molecule has 1 fully saturated rings. The molecule has 2 atom stereocenters. The lowest BCUT2D eigenvalue weighted by molar-refractivity contribution is -0.148. The highest BCUT2D eigenvalue weighted by atomic mass is 32.2. The van der Waals surface area contributed by atoms with E-state index < -0.39 is 23.9 Å². The standard InChI is InChI=1S/C22H20N2O5S/c25-19(10-11-24-21(27)15-8-4-5-9-16(15)22(24)28)29-18-13-30-12-17(18)23-20(26)14-6-2-1-3-7-14/h1-9,17-18H,10-13H2,(H,23,26)/t17-,18-/m0/s1. The molecule has 0 spiro atoms. The number of fused-ring (bicyclic) bond motifs is 1. The third kappa shape index (κ3) is 4.09. The Morgan fingerprint density at radius 1 is 0.967 bits per heavy atom. The number of nitrogens with zero attached hydrogens (tertiary/aromatic N) is 1. The highest BCUT2D eigenvalue weighted by molar-refractivity contribution is 7.99. The average molecular weight is 424 g/mol. The van der Waals surface area contributed by atoms with Crippen LogP contribution >= 0.6 is 11.8 Å². The quantitative estimate of drug-likeness (QED) is 0.564. The minimum absolute atomic E-state index is 0.0356. The molecule has 2 aliphatic heterocycles. The second kappa shape index (κ2) is 8.71. The van der Waals surface area contributed by atoms with E-state index >= 15 is 0 Å². The highest BCUT2D eigenvalue weighted by Crippen LogP contribution is 2.24. The molecule has 0 saturated carbocycles. The highest BCUT2D eigenvalue weighted by Gasteiger charge is 2.36. The fourth-order valence-corrected chi connectivity index (χ4v) is 4.72. The predicted molar refractivity (Wildman–Crippen MR) is 111 cm³/mol. The van der Waals surface area contributed by atoms with Crippen LogP contribution < -0.4 is 5.32 Å². The van der Waals surface area contributed by atoms with E-state index in [1.165, 1.54) is 0 Å². The van der Waals surface area contributed by atoms with Crippen LogP contribution in [0.15, 0.2) is 54.6 Å². The van der Waals surface area contributed by atoms with Crippen LogP contribution in [0.2, 0.25) is 0 Å². The normalized spacial score (nSPS) is 20.2. The number of imide groups is 1. The molecule has 154 valence electrons. The Morgan fingerprint density at radius 3 is 2.27 bits per heavy atom. The monoisotopic (exact) mass is 424 g/mol. The lowest BCUT2D eigenvalue weighted by Gasteiger charge is -2.21. The van der Waals surface area contributed by atoms with Crippen molar-refractivity contribution in [2.24, 2.45) is 0 Å². The Bertz CT molecular complexity index is 959. The van der Waals surface area contributed by atoms with Crippen molar-refractivity contribution >= 4 is 35.5 Å². The van der Waals surface area contributed by atoms with Crippen molar-refractivity contribution in [3.63, 3.8) is 0 Å². The Labute approximate surface area is 177 Å². The topological polar surface area (TPSA) is 92.8 Å². The maximum Gasteiger partial charge on any atom is 0.307 e. The summed E-state index contributed by atoms with van der Waals surface area (Å²) in [7, 11) is 0. The number of ether oxygens (including phenoxy) is 1. The zero-order valence-electron chi connectivity index (χ0n) is 16.1. The molecule has 0 unspecified atom stereocenters. The van der Waals surface area contributed by atoms with Gasteiger partial charge in [-0.2, -0.15) is 11.8 Å². The van der Waals surface area contributed by atoms with Crippen LogP contribution in [0.3, 0.4) is 0 Å². The molecular weight excluding hydrogens is 404 g/mol. The molecule has 1 N–H and O–H groups in total. The van der Waals surface area contributed by atoms with E-state index in [1.807, 2.05) is 6.07 Å². The first-order valence-electron chi connectivity index (χ1n) is 9.63. The van der Waals surface area contributed by atoms with E-state index in [0.29, 0.717) is 28.2 Å². The van der Waals surface area contributed by atoms with E-state index in [9.17, 15) is 19.2 Å². The molecule has 2 heterocycles. The van der Waals surface area contributed by atoms with Gasteiger partial charge >= 0.3 is 5.97 Å². The first kappa shape index (κ1) is 20.2. The van der Waals surface area contributed by atoms with Gasteiger partial charge in [0.05, 0.1) is 23.6 Å². The van der Waals surface area contributed by atoms with E-state index in [1.54, 1.807) is 60.3 Å². The summed E-state index contributed by atoms with van der Waals surface area (Å²) >= 11 is 1.59. The van der Waals surface area contributed by atoms with Gasteiger partial charge in [-0.15, -0.1) is 0 Å². The van der Waals surface area contributed by atoms with Crippen LogP contribution in [0.1, 0.15) is 37.5 Å². The number of esters is 1. The summed E-state index contributed by atoms with van der Waals surface area (Å²) in [4.78, 5) is 50.5. The second-order valence-electron chi connectivity index (χ2n) is 7.07. The van der Waals surface area contributed by atoms with Crippen molar-refractivity contribution in [2.75, 3.05) is 18.1 Å². The van der Waals surface area contributed by atoms with E-state index in [4.69, 9.17) is 4.74 Å². The van der Waals surface area contributed by atoms with Crippen LogP contribution in [-0.4, -0.2) is 58.8 Å². The van der Waals surface area contributed by atoms with Gasteiger partial charge in [0, 0.05) is 23.6 Å². The smallest absolute Gasteiger partial charge is 0.307 e. The summed E-state index contributed by atoms with van der Waals surface area (Å²) < 4.78 is 5.54. The van der Waals surface area contributed by atoms with E-state index in [2.05, 4.69) is 5.32 Å². The van der Waals surface area contributed by atoms with Gasteiger partial charge in [0.1, 0.15) is 6.10 Å². The van der Waals surface area contributed by atoms with Crippen LogP contribution in [0, 0.1) is 0 Å². The van der Waals surface area contributed by atoms with Gasteiger partial charge in [-0.05, 0) is 24.3 Å². The van der Waals surface area contributed by atoms with Crippen LogP contribution in [0.25, 0.3) is 0 Å². The third-order valence-corrected chi connectivity index (χ3v) is 6.24. The molecule has 0 aromatic heterocycles. The molecule has 4 rings (SSSR count). The molecule has 7 nitrogen and oxygen atoms in total. The maximum absolute atomic E-state index is 12.4. The number of nitrogens with one attached hydrogen (secondary N) is 1. The van der Waals surface area contributed by atoms with Gasteiger partial charge in [0.2, 0.25) is 0 Å². The fourth-order valence-electron chi connectivity index (χ4n) is 3.50. The lowest BCUT2D eigenvalue weighted by atomic mass is 10.1. The van der Waals surface area contributed by atoms with E-state index in [-0.39, 0.29) is 24.9 Å². The number of rotatable bonds is 6. The van der Waals surface area contributed by atoms with Gasteiger partial charge in [0.15, 0.2) is 0 Å². The molecule has 0 radical (unpaired) electrons. The first-order valence-corrected chi connectivity index (χ1v) is 10.8. The molecule has 0 bridgehead atoms. The van der Waals surface area contributed by atoms with Crippen molar-refractivity contribution in [3.05, 3.63) is 71.3 Å². The van der Waals surface area contributed by atoms with Crippen LogP contribution in [0.5, 0.6) is 0 Å². The zero-order valence-corrected chi connectivity index (χ0v) is 16.9. The third-order valence-electron chi connectivity index (χ3n) is 5.08. The number of carbonyl (C=O) groups excluding carboxylic acids is 4. The summed E-state index contributed by atoms with van der Waals surface area (Å²) in [5.41, 5.74) is 1.25. The minimum atomic E-state index is -0.502. The number of benzene rings is 2. The number of hydrogen-bond acceptors (Lipinski definition) is 6. The lowest BCUT2D eigenvalue weighted by Crippen LogP contribution is -2.44. The van der Waals surface area contributed by atoms with Crippen LogP contribution in [0.4, 0.5) is 0 Å². The average Bonchev–Trinajstić information content (AvgIpc) is 3.29. The molecule has 2 aliphatic rings. The molecule has 8 heteroatoms. The number of thioether (sulfide) groups is 1. The Kier molecular flexibility index (Phi) is 5.85. The summed E-state index contributed by atoms with van der Waals surface area (Å²) in [5, 5.41) is 2.92. The van der Waals surface area contributed by atoms with Gasteiger partial charge in [-0.1, -0.05) is 30.3 Å². The first-order chi connectivity index (χ1) is 14.5. The molecule has 2 aromatic carbocycles. The van der Waals surface area contributed by atoms with Crippen LogP contribution in [-0.2, 0) is 9.53 Å². The van der Waals surface area contributed by atoms with Gasteiger partial charge in [0.25, 0.3) is 17.7 Å². The minimum Gasteiger partial charge on any atom is -0.459 e. The molecule has 3 amide bonds. The van der Waals surface area contributed by atoms with Crippen molar-refractivity contribution in [1.29, 1.82) is 0 Å². The Morgan fingerprint density at radius 2 is 1.60 bits per heavy atom. The zero-order chi connectivity index (χ0) is 21.1. The Balaban J connectivity index is 1.30. The SMILES string of the molecule is O=C(CCN1C(=O)c2ccccc2C1=O)O[C@H]1CSC[C@@H]1NC(=O)c1ccccc1. The molecule has 30 heavy (non-hydrogen) atoms. The van der Waals surface area contributed by atoms with Crippen molar-refractivity contribution in [1.82, 2.24) is 10.2 Å². The largest absolute Gasteiger partial charge is 0.459 e.